The summed E-state index contributed by atoms with van der Waals surface area (Å²) in [6, 6.07) is 18.4. The zero-order valence-corrected chi connectivity index (χ0v) is 17.3. The fraction of sp³-hybridized carbons (Fsp3) is 0.360. The number of rotatable bonds is 3. The van der Waals surface area contributed by atoms with E-state index in [1.807, 2.05) is 53.1 Å². The molecule has 30 heavy (non-hydrogen) atoms. The van der Waals surface area contributed by atoms with E-state index in [9.17, 15) is 9.59 Å². The molecule has 1 saturated heterocycles. The van der Waals surface area contributed by atoms with Crippen LogP contribution in [0.2, 0.25) is 0 Å². The summed E-state index contributed by atoms with van der Waals surface area (Å²) in [5, 5.41) is 1.26. The second-order valence-electron chi connectivity index (χ2n) is 8.49. The number of hydrogen-bond donors (Lipinski definition) is 1. The first-order chi connectivity index (χ1) is 14.6. The lowest BCUT2D eigenvalue weighted by Gasteiger charge is -2.27. The number of aromatic amines is 1. The molecule has 2 atom stereocenters. The average Bonchev–Trinajstić information content (AvgIpc) is 3.26. The molecule has 0 radical (unpaired) electrons. The molecule has 5 nitrogen and oxygen atoms in total. The van der Waals surface area contributed by atoms with Crippen molar-refractivity contribution in [2.75, 3.05) is 19.6 Å². The monoisotopic (exact) mass is 401 g/mol. The molecule has 1 fully saturated rings. The van der Waals surface area contributed by atoms with Gasteiger partial charge in [-0.15, -0.1) is 0 Å². The van der Waals surface area contributed by atoms with Crippen LogP contribution >= 0.6 is 0 Å². The quantitative estimate of drug-likeness (QED) is 0.727. The van der Waals surface area contributed by atoms with Gasteiger partial charge in [0.2, 0.25) is 11.8 Å². The number of amides is 2. The predicted octanol–water partition coefficient (Wildman–Crippen LogP) is 3.70. The molecule has 2 aliphatic heterocycles. The Morgan fingerprint density at radius 1 is 1.03 bits per heavy atom. The molecule has 0 saturated carbocycles. The summed E-state index contributed by atoms with van der Waals surface area (Å²) >= 11 is 0. The highest BCUT2D eigenvalue weighted by Crippen LogP contribution is 2.31. The van der Waals surface area contributed by atoms with Gasteiger partial charge < -0.3 is 14.8 Å². The minimum absolute atomic E-state index is 0.00759. The summed E-state index contributed by atoms with van der Waals surface area (Å²) in [4.78, 5) is 33.3. The number of carbonyl (C=O) groups is 2. The molecule has 154 valence electrons. The maximum atomic E-state index is 13.3. The highest BCUT2D eigenvalue weighted by Gasteiger charge is 2.39. The molecule has 2 amide bonds. The van der Waals surface area contributed by atoms with E-state index in [1.54, 1.807) is 0 Å². The summed E-state index contributed by atoms with van der Waals surface area (Å²) < 4.78 is 0. The maximum absolute atomic E-state index is 13.3. The third kappa shape index (κ3) is 3.28. The Kier molecular flexibility index (Phi) is 4.81. The molecule has 5 rings (SSSR count). The number of nitrogens with one attached hydrogen (secondary N) is 1. The third-order valence-electron chi connectivity index (χ3n) is 6.73. The molecule has 1 N–H and O–H groups in total. The van der Waals surface area contributed by atoms with Crippen molar-refractivity contribution in [2.24, 2.45) is 5.92 Å². The van der Waals surface area contributed by atoms with E-state index in [2.05, 4.69) is 23.2 Å². The van der Waals surface area contributed by atoms with Crippen molar-refractivity contribution >= 4 is 22.7 Å². The summed E-state index contributed by atoms with van der Waals surface area (Å²) in [6.07, 6.45) is 2.01. The predicted molar refractivity (Wildman–Crippen MR) is 117 cm³/mol. The largest absolute Gasteiger partial charge is 0.358 e. The number of benzene rings is 2. The fourth-order valence-electron chi connectivity index (χ4n) is 5.02. The Morgan fingerprint density at radius 2 is 1.77 bits per heavy atom. The number of para-hydroxylation sites is 1. The number of carbonyl (C=O) groups excluding carboxylic acids is 2. The van der Waals surface area contributed by atoms with E-state index >= 15 is 0 Å². The van der Waals surface area contributed by atoms with Crippen LogP contribution in [0.25, 0.3) is 10.9 Å². The van der Waals surface area contributed by atoms with E-state index in [1.165, 1.54) is 22.2 Å². The van der Waals surface area contributed by atoms with E-state index in [0.717, 1.165) is 18.4 Å². The van der Waals surface area contributed by atoms with Crippen molar-refractivity contribution in [3.63, 3.8) is 0 Å². The number of aromatic nitrogens is 1. The van der Waals surface area contributed by atoms with Gasteiger partial charge in [-0.3, -0.25) is 9.59 Å². The topological polar surface area (TPSA) is 56.4 Å². The lowest BCUT2D eigenvalue weighted by atomic mass is 10.1. The molecule has 3 heterocycles. The minimum Gasteiger partial charge on any atom is -0.358 e. The molecule has 3 aromatic rings. The van der Waals surface area contributed by atoms with Gasteiger partial charge in [-0.1, -0.05) is 48.5 Å². The Labute approximate surface area is 176 Å². The molecule has 2 aromatic carbocycles. The molecule has 5 heteroatoms. The number of H-pyrrole nitrogens is 1. The average molecular weight is 402 g/mol. The van der Waals surface area contributed by atoms with E-state index < -0.39 is 0 Å². The molecular formula is C25H27N3O2. The summed E-state index contributed by atoms with van der Waals surface area (Å²) in [5.74, 6) is -0.0341. The Hall–Kier alpha value is -3.08. The Morgan fingerprint density at radius 3 is 2.60 bits per heavy atom. The van der Waals surface area contributed by atoms with Gasteiger partial charge >= 0.3 is 0 Å². The van der Waals surface area contributed by atoms with E-state index in [-0.39, 0.29) is 23.8 Å². The molecule has 2 unspecified atom stereocenters. The van der Waals surface area contributed by atoms with Gasteiger partial charge in [0.15, 0.2) is 0 Å². The first kappa shape index (κ1) is 18.9. The highest BCUT2D eigenvalue weighted by atomic mass is 16.2. The summed E-state index contributed by atoms with van der Waals surface area (Å²) in [6.45, 7) is 3.98. The second-order valence-corrected chi connectivity index (χ2v) is 8.49. The Bertz CT molecular complexity index is 1090. The molecule has 0 bridgehead atoms. The van der Waals surface area contributed by atoms with Crippen LogP contribution in [-0.2, 0) is 22.4 Å². The third-order valence-corrected chi connectivity index (χ3v) is 6.73. The SMILES string of the molecule is CC(c1ccccc1)N1CC(C(=O)N2CCc3[nH]c4ccccc4c3CC2)CC1=O. The first-order valence-electron chi connectivity index (χ1n) is 10.8. The Balaban J connectivity index is 1.28. The molecular weight excluding hydrogens is 374 g/mol. The van der Waals surface area contributed by atoms with Crippen LogP contribution in [0.4, 0.5) is 0 Å². The van der Waals surface area contributed by atoms with Crippen molar-refractivity contribution in [1.82, 2.24) is 14.8 Å². The molecule has 0 spiro atoms. The lowest BCUT2D eigenvalue weighted by molar-refractivity contribution is -0.135. The normalized spacial score (nSPS) is 20.3. The summed E-state index contributed by atoms with van der Waals surface area (Å²) in [7, 11) is 0. The van der Waals surface area contributed by atoms with Crippen molar-refractivity contribution in [3.05, 3.63) is 71.4 Å². The lowest BCUT2D eigenvalue weighted by Crippen LogP contribution is -2.39. The van der Waals surface area contributed by atoms with Crippen LogP contribution in [0.15, 0.2) is 54.6 Å². The van der Waals surface area contributed by atoms with Crippen molar-refractivity contribution in [3.8, 4) is 0 Å². The zero-order valence-electron chi connectivity index (χ0n) is 17.3. The number of nitrogens with zero attached hydrogens (tertiary/aromatic N) is 2. The second kappa shape index (κ2) is 7.63. The van der Waals surface area contributed by atoms with Gasteiger partial charge in [0.25, 0.3) is 0 Å². The number of hydrogen-bond acceptors (Lipinski definition) is 2. The first-order valence-corrected chi connectivity index (χ1v) is 10.8. The van der Waals surface area contributed by atoms with Crippen LogP contribution in [0.3, 0.4) is 0 Å². The standard InChI is InChI=1S/C25H27N3O2/c1-17(18-7-3-2-4-8-18)28-16-19(15-24(28)29)25(30)27-13-11-21-20-9-5-6-10-22(20)26-23(21)12-14-27/h2-10,17,19,26H,11-16H2,1H3. The number of fused-ring (bicyclic) bond motifs is 3. The van der Waals surface area contributed by atoms with Gasteiger partial charge in [0, 0.05) is 49.1 Å². The molecule has 1 aromatic heterocycles. The van der Waals surface area contributed by atoms with E-state index in [4.69, 9.17) is 0 Å². The highest BCUT2D eigenvalue weighted by molar-refractivity contribution is 5.90. The van der Waals surface area contributed by atoms with Crippen LogP contribution < -0.4 is 0 Å². The van der Waals surface area contributed by atoms with Gasteiger partial charge in [0.05, 0.1) is 12.0 Å². The minimum atomic E-state index is -0.239. The van der Waals surface area contributed by atoms with Crippen molar-refractivity contribution in [2.45, 2.75) is 32.2 Å². The van der Waals surface area contributed by atoms with Crippen LogP contribution in [0.5, 0.6) is 0 Å². The van der Waals surface area contributed by atoms with Crippen molar-refractivity contribution in [1.29, 1.82) is 0 Å². The van der Waals surface area contributed by atoms with Gasteiger partial charge in [0.1, 0.15) is 0 Å². The fourth-order valence-corrected chi connectivity index (χ4v) is 5.02. The van der Waals surface area contributed by atoms with E-state index in [0.29, 0.717) is 26.1 Å². The smallest absolute Gasteiger partial charge is 0.228 e. The van der Waals surface area contributed by atoms with Gasteiger partial charge in [-0.2, -0.15) is 0 Å². The van der Waals surface area contributed by atoms with Crippen LogP contribution in [-0.4, -0.2) is 46.2 Å². The summed E-state index contributed by atoms with van der Waals surface area (Å²) in [5.41, 5.74) is 4.87. The van der Waals surface area contributed by atoms with Gasteiger partial charge in [-0.25, -0.2) is 0 Å². The molecule has 0 aliphatic carbocycles. The van der Waals surface area contributed by atoms with Crippen LogP contribution in [0.1, 0.15) is 36.2 Å². The zero-order chi connectivity index (χ0) is 20.7. The van der Waals surface area contributed by atoms with Crippen LogP contribution in [0, 0.1) is 5.92 Å². The van der Waals surface area contributed by atoms with Gasteiger partial charge in [-0.05, 0) is 30.5 Å². The number of likely N-dealkylation sites (tertiary alicyclic amines) is 1. The maximum Gasteiger partial charge on any atom is 0.228 e. The van der Waals surface area contributed by atoms with Crippen molar-refractivity contribution < 1.29 is 9.59 Å². The molecule has 2 aliphatic rings.